The molecule has 0 aromatic carbocycles. The summed E-state index contributed by atoms with van der Waals surface area (Å²) >= 11 is 0. The highest BCUT2D eigenvalue weighted by Crippen LogP contribution is 2.39. The summed E-state index contributed by atoms with van der Waals surface area (Å²) in [5, 5.41) is 13.3. The topological polar surface area (TPSA) is 83.4 Å². The maximum absolute atomic E-state index is 9.85. The number of hydrogen-bond donors (Lipinski definition) is 2. The van der Waals surface area contributed by atoms with Crippen molar-refractivity contribution in [2.75, 3.05) is 13.2 Å². The van der Waals surface area contributed by atoms with Crippen molar-refractivity contribution in [3.8, 4) is 6.07 Å². The number of rotatable bonds is 9. The Morgan fingerprint density at radius 3 is 2.77 bits per heavy atom. The van der Waals surface area contributed by atoms with Crippen LogP contribution in [0.25, 0.3) is 0 Å². The van der Waals surface area contributed by atoms with Gasteiger partial charge in [0.25, 0.3) is 0 Å². The fourth-order valence-corrected chi connectivity index (χ4v) is 3.57. The van der Waals surface area contributed by atoms with Crippen molar-refractivity contribution in [3.05, 3.63) is 35.6 Å². The zero-order valence-electron chi connectivity index (χ0n) is 16.3. The highest BCUT2D eigenvalue weighted by Gasteiger charge is 2.45. The SMILES string of the molecule is C=C(NC1CC1)/C(=C/C=C(\C)[C@]1(C#N)OCCC1CCN)C(C)/N=C\C. The van der Waals surface area contributed by atoms with Crippen molar-refractivity contribution >= 4 is 6.21 Å². The molecule has 5 nitrogen and oxygen atoms in total. The molecule has 3 atom stereocenters. The van der Waals surface area contributed by atoms with E-state index >= 15 is 0 Å². The van der Waals surface area contributed by atoms with Crippen LogP contribution in [0.3, 0.4) is 0 Å². The van der Waals surface area contributed by atoms with E-state index in [4.69, 9.17) is 10.5 Å². The summed E-state index contributed by atoms with van der Waals surface area (Å²) in [4.78, 5) is 4.49. The summed E-state index contributed by atoms with van der Waals surface area (Å²) in [5.74, 6) is 0.143. The summed E-state index contributed by atoms with van der Waals surface area (Å²) in [6, 6.07) is 2.96. The molecule has 0 aromatic rings. The van der Waals surface area contributed by atoms with Gasteiger partial charge in [0.2, 0.25) is 0 Å². The number of allylic oxidation sites excluding steroid dienone is 2. The van der Waals surface area contributed by atoms with E-state index in [1.54, 1.807) is 0 Å². The minimum atomic E-state index is -0.872. The molecule has 26 heavy (non-hydrogen) atoms. The number of hydrogen-bond acceptors (Lipinski definition) is 5. The van der Waals surface area contributed by atoms with Crippen LogP contribution in [0.5, 0.6) is 0 Å². The third-order valence-electron chi connectivity index (χ3n) is 5.28. The Bertz CT molecular complexity index is 639. The largest absolute Gasteiger partial charge is 0.383 e. The van der Waals surface area contributed by atoms with E-state index in [1.165, 1.54) is 12.8 Å². The highest BCUT2D eigenvalue weighted by atomic mass is 16.5. The van der Waals surface area contributed by atoms with Crippen LogP contribution in [0.2, 0.25) is 0 Å². The second-order valence-corrected chi connectivity index (χ2v) is 7.21. The molecule has 2 rings (SSSR count). The fraction of sp³-hybridized carbons (Fsp3) is 0.619. The zero-order valence-corrected chi connectivity index (χ0v) is 16.3. The van der Waals surface area contributed by atoms with Crippen LogP contribution in [0, 0.1) is 17.2 Å². The number of nitriles is 1. The molecule has 1 aliphatic carbocycles. The van der Waals surface area contributed by atoms with E-state index in [2.05, 4.69) is 29.9 Å². The average molecular weight is 357 g/mol. The van der Waals surface area contributed by atoms with Crippen molar-refractivity contribution in [3.63, 3.8) is 0 Å². The number of ether oxygens (including phenoxy) is 1. The molecule has 0 radical (unpaired) electrons. The Hall–Kier alpha value is -1.90. The van der Waals surface area contributed by atoms with Crippen molar-refractivity contribution in [2.45, 2.75) is 64.1 Å². The fourth-order valence-electron chi connectivity index (χ4n) is 3.57. The van der Waals surface area contributed by atoms with Crippen LogP contribution >= 0.6 is 0 Å². The third-order valence-corrected chi connectivity index (χ3v) is 5.28. The van der Waals surface area contributed by atoms with E-state index in [1.807, 2.05) is 32.2 Å². The minimum Gasteiger partial charge on any atom is -0.383 e. The first-order valence-electron chi connectivity index (χ1n) is 9.56. The van der Waals surface area contributed by atoms with Gasteiger partial charge >= 0.3 is 0 Å². The van der Waals surface area contributed by atoms with Crippen LogP contribution in [-0.2, 0) is 4.74 Å². The lowest BCUT2D eigenvalue weighted by Gasteiger charge is -2.28. The van der Waals surface area contributed by atoms with E-state index in [9.17, 15) is 5.26 Å². The lowest BCUT2D eigenvalue weighted by Crippen LogP contribution is -2.36. The van der Waals surface area contributed by atoms with Gasteiger partial charge in [0, 0.05) is 24.3 Å². The van der Waals surface area contributed by atoms with E-state index < -0.39 is 5.60 Å². The maximum Gasteiger partial charge on any atom is 0.178 e. The minimum absolute atomic E-state index is 0.00479. The lowest BCUT2D eigenvalue weighted by atomic mass is 9.80. The molecule has 1 saturated heterocycles. The van der Waals surface area contributed by atoms with Gasteiger partial charge in [-0.1, -0.05) is 18.7 Å². The quantitative estimate of drug-likeness (QED) is 0.491. The Kier molecular flexibility index (Phi) is 7.19. The molecular weight excluding hydrogens is 324 g/mol. The van der Waals surface area contributed by atoms with Gasteiger partial charge < -0.3 is 15.8 Å². The van der Waals surface area contributed by atoms with Crippen molar-refractivity contribution < 1.29 is 4.74 Å². The van der Waals surface area contributed by atoms with Gasteiger partial charge in [-0.3, -0.25) is 4.99 Å². The van der Waals surface area contributed by atoms with E-state index in [0.29, 0.717) is 19.2 Å². The molecule has 1 aliphatic heterocycles. The Labute approximate surface area is 157 Å². The Morgan fingerprint density at radius 1 is 1.46 bits per heavy atom. The standard InChI is InChI=1S/C21H32N4O/c1-5-24-16(3)20(17(4)25-19-7-8-19)9-6-15(2)21(14-23)18(10-12-22)11-13-26-21/h5-6,9,16,18-19,25H,4,7-8,10-13,22H2,1-3H3/b15-6+,20-9+,24-5-/t16?,18?,21-/m0/s1. The Balaban J connectivity index is 2.28. The molecule has 2 unspecified atom stereocenters. The average Bonchev–Trinajstić information content (AvgIpc) is 3.33. The molecule has 0 bridgehead atoms. The number of nitrogens with two attached hydrogens (primary N) is 1. The first kappa shape index (κ1) is 20.4. The first-order valence-corrected chi connectivity index (χ1v) is 9.56. The molecule has 0 aromatic heterocycles. The van der Waals surface area contributed by atoms with Crippen LogP contribution < -0.4 is 11.1 Å². The molecule has 0 amide bonds. The lowest BCUT2D eigenvalue weighted by molar-refractivity contribution is 0.0571. The van der Waals surface area contributed by atoms with Crippen LogP contribution in [-0.4, -0.2) is 37.1 Å². The summed E-state index contributed by atoms with van der Waals surface area (Å²) in [5.41, 5.74) is 7.73. The summed E-state index contributed by atoms with van der Waals surface area (Å²) in [6.07, 6.45) is 9.89. The summed E-state index contributed by atoms with van der Waals surface area (Å²) in [6.45, 7) is 11.3. The number of nitrogens with zero attached hydrogens (tertiary/aromatic N) is 2. The molecule has 3 N–H and O–H groups in total. The second-order valence-electron chi connectivity index (χ2n) is 7.21. The normalized spacial score (nSPS) is 28.2. The van der Waals surface area contributed by atoms with Crippen LogP contribution in [0.15, 0.2) is 40.6 Å². The van der Waals surface area contributed by atoms with Gasteiger partial charge in [-0.2, -0.15) is 5.26 Å². The highest BCUT2D eigenvalue weighted by molar-refractivity contribution is 5.55. The first-order chi connectivity index (χ1) is 12.5. The smallest absolute Gasteiger partial charge is 0.178 e. The monoisotopic (exact) mass is 356 g/mol. The summed E-state index contributed by atoms with van der Waals surface area (Å²) in [7, 11) is 0. The van der Waals surface area contributed by atoms with Crippen molar-refractivity contribution in [1.82, 2.24) is 5.32 Å². The second kappa shape index (κ2) is 9.16. The molecular formula is C21H32N4O. The van der Waals surface area contributed by atoms with Gasteiger partial charge in [0.15, 0.2) is 5.60 Å². The van der Waals surface area contributed by atoms with Crippen molar-refractivity contribution in [1.29, 1.82) is 5.26 Å². The molecule has 142 valence electrons. The van der Waals surface area contributed by atoms with E-state index in [0.717, 1.165) is 29.7 Å². The number of aliphatic imine (C=N–C) groups is 1. The van der Waals surface area contributed by atoms with Crippen LogP contribution in [0.4, 0.5) is 0 Å². The van der Waals surface area contributed by atoms with Gasteiger partial charge in [0.05, 0.1) is 6.04 Å². The predicted octanol–water partition coefficient (Wildman–Crippen LogP) is 3.25. The van der Waals surface area contributed by atoms with Gasteiger partial charge in [-0.05, 0) is 70.4 Å². The van der Waals surface area contributed by atoms with Gasteiger partial charge in [-0.15, -0.1) is 0 Å². The van der Waals surface area contributed by atoms with E-state index in [-0.39, 0.29) is 12.0 Å². The Morgan fingerprint density at radius 2 is 2.19 bits per heavy atom. The van der Waals surface area contributed by atoms with Crippen molar-refractivity contribution in [2.24, 2.45) is 16.6 Å². The predicted molar refractivity (Wildman–Crippen MR) is 107 cm³/mol. The number of nitrogens with one attached hydrogen (secondary N) is 1. The molecule has 5 heteroatoms. The molecule has 2 aliphatic rings. The maximum atomic E-state index is 9.85. The molecule has 0 spiro atoms. The third kappa shape index (κ3) is 4.63. The van der Waals surface area contributed by atoms with Gasteiger partial charge in [-0.25, -0.2) is 0 Å². The molecule has 1 heterocycles. The zero-order chi connectivity index (χ0) is 19.2. The van der Waals surface area contributed by atoms with Gasteiger partial charge in [0.1, 0.15) is 6.07 Å². The summed E-state index contributed by atoms with van der Waals surface area (Å²) < 4.78 is 5.91. The molecule has 1 saturated carbocycles. The van der Waals surface area contributed by atoms with Crippen LogP contribution in [0.1, 0.15) is 46.5 Å². The molecule has 2 fully saturated rings.